The molecular formula is C31H38IN3O2. The molecule has 0 unspecified atom stereocenters. The van der Waals surface area contributed by atoms with E-state index in [1.807, 2.05) is 60.7 Å². The molecule has 37 heavy (non-hydrogen) atoms. The minimum Gasteiger partial charge on any atom is -0.350 e. The molecule has 0 radical (unpaired) electrons. The minimum absolute atomic E-state index is 0.0615. The Bertz CT molecular complexity index is 1210. The maximum absolute atomic E-state index is 13.3. The SMILES string of the molecule is CC(C)(C)c1ccc(C(C)(C)C)c(NC(=O)N[C@H](Cc2ccc(I)cc2)C(=O)NCc2ccccc2)c1. The Morgan fingerprint density at radius 3 is 2.05 bits per heavy atom. The lowest BCUT2D eigenvalue weighted by Gasteiger charge is -2.27. The Kier molecular flexibility index (Phi) is 9.40. The van der Waals surface area contributed by atoms with Gasteiger partial charge in [-0.05, 0) is 73.9 Å². The van der Waals surface area contributed by atoms with Gasteiger partial charge in [0.15, 0.2) is 0 Å². The Balaban J connectivity index is 1.82. The van der Waals surface area contributed by atoms with E-state index in [1.165, 1.54) is 0 Å². The van der Waals surface area contributed by atoms with E-state index in [2.05, 4.69) is 92.2 Å². The largest absolute Gasteiger partial charge is 0.350 e. The van der Waals surface area contributed by atoms with E-state index in [-0.39, 0.29) is 16.7 Å². The Labute approximate surface area is 235 Å². The van der Waals surface area contributed by atoms with Crippen molar-refractivity contribution >= 4 is 40.2 Å². The van der Waals surface area contributed by atoms with E-state index in [1.54, 1.807) is 0 Å². The number of nitrogens with one attached hydrogen (secondary N) is 3. The molecule has 0 fully saturated rings. The molecule has 3 aromatic carbocycles. The van der Waals surface area contributed by atoms with Crippen LogP contribution >= 0.6 is 22.6 Å². The quantitative estimate of drug-likeness (QED) is 0.254. The third-order valence-electron chi connectivity index (χ3n) is 6.23. The summed E-state index contributed by atoms with van der Waals surface area (Å²) in [6.45, 7) is 13.2. The van der Waals surface area contributed by atoms with E-state index in [9.17, 15) is 9.59 Å². The van der Waals surface area contributed by atoms with Gasteiger partial charge >= 0.3 is 6.03 Å². The van der Waals surface area contributed by atoms with E-state index in [0.29, 0.717) is 13.0 Å². The van der Waals surface area contributed by atoms with Crippen molar-refractivity contribution in [2.45, 2.75) is 71.4 Å². The van der Waals surface area contributed by atoms with Crippen molar-refractivity contribution in [3.8, 4) is 0 Å². The summed E-state index contributed by atoms with van der Waals surface area (Å²) in [4.78, 5) is 26.5. The number of rotatable bonds is 7. The van der Waals surface area contributed by atoms with Gasteiger partial charge in [-0.15, -0.1) is 0 Å². The van der Waals surface area contributed by atoms with Gasteiger partial charge in [-0.3, -0.25) is 4.79 Å². The van der Waals surface area contributed by atoms with Crippen LogP contribution in [-0.2, 0) is 28.6 Å². The monoisotopic (exact) mass is 611 g/mol. The highest BCUT2D eigenvalue weighted by Gasteiger charge is 2.25. The van der Waals surface area contributed by atoms with Crippen LogP contribution in [0.4, 0.5) is 10.5 Å². The summed E-state index contributed by atoms with van der Waals surface area (Å²) in [5, 5.41) is 8.97. The van der Waals surface area contributed by atoms with E-state index in [0.717, 1.165) is 31.5 Å². The van der Waals surface area contributed by atoms with Crippen molar-refractivity contribution in [1.82, 2.24) is 10.6 Å². The van der Waals surface area contributed by atoms with Crippen molar-refractivity contribution in [2.24, 2.45) is 0 Å². The fraction of sp³-hybridized carbons (Fsp3) is 0.355. The van der Waals surface area contributed by atoms with Crippen LogP contribution in [0.25, 0.3) is 0 Å². The summed E-state index contributed by atoms with van der Waals surface area (Å²) in [5.74, 6) is -0.225. The number of urea groups is 1. The maximum atomic E-state index is 13.3. The van der Waals surface area contributed by atoms with Crippen LogP contribution in [0.5, 0.6) is 0 Å². The van der Waals surface area contributed by atoms with Gasteiger partial charge < -0.3 is 16.0 Å². The molecule has 3 aromatic rings. The predicted octanol–water partition coefficient (Wildman–Crippen LogP) is 6.94. The third kappa shape index (κ3) is 8.59. The fourth-order valence-corrected chi connectivity index (χ4v) is 4.42. The topological polar surface area (TPSA) is 70.2 Å². The summed E-state index contributed by atoms with van der Waals surface area (Å²) in [5.41, 5.74) is 4.69. The zero-order chi connectivity index (χ0) is 27.2. The van der Waals surface area contributed by atoms with Gasteiger partial charge in [-0.25, -0.2) is 4.79 Å². The molecule has 3 amide bonds. The van der Waals surface area contributed by atoms with Crippen molar-refractivity contribution in [3.63, 3.8) is 0 Å². The molecule has 196 valence electrons. The average molecular weight is 612 g/mol. The number of amides is 3. The summed E-state index contributed by atoms with van der Waals surface area (Å²) in [6.07, 6.45) is 0.388. The van der Waals surface area contributed by atoms with Crippen molar-refractivity contribution in [3.05, 3.63) is 98.6 Å². The highest BCUT2D eigenvalue weighted by atomic mass is 127. The van der Waals surface area contributed by atoms with Gasteiger partial charge in [-0.2, -0.15) is 0 Å². The van der Waals surface area contributed by atoms with E-state index < -0.39 is 12.1 Å². The van der Waals surface area contributed by atoms with Crippen molar-refractivity contribution in [2.75, 3.05) is 5.32 Å². The van der Waals surface area contributed by atoms with Crippen LogP contribution in [0.2, 0.25) is 0 Å². The molecule has 0 aromatic heterocycles. The summed E-state index contributed by atoms with van der Waals surface area (Å²) in [7, 11) is 0. The van der Waals surface area contributed by atoms with Crippen LogP contribution in [0.3, 0.4) is 0 Å². The number of halogens is 1. The molecule has 0 saturated carbocycles. The first-order valence-corrected chi connectivity index (χ1v) is 13.7. The first-order chi connectivity index (χ1) is 17.3. The Hall–Kier alpha value is -2.87. The lowest BCUT2D eigenvalue weighted by atomic mass is 9.81. The van der Waals surface area contributed by atoms with E-state index in [4.69, 9.17) is 0 Å². The van der Waals surface area contributed by atoms with Crippen molar-refractivity contribution < 1.29 is 9.59 Å². The van der Waals surface area contributed by atoms with Gasteiger partial charge in [0.25, 0.3) is 0 Å². The minimum atomic E-state index is -0.729. The molecule has 0 bridgehead atoms. The number of hydrogen-bond donors (Lipinski definition) is 3. The molecule has 5 nitrogen and oxygen atoms in total. The molecule has 1 atom stereocenters. The predicted molar refractivity (Wildman–Crippen MR) is 161 cm³/mol. The third-order valence-corrected chi connectivity index (χ3v) is 6.95. The van der Waals surface area contributed by atoms with Gasteiger partial charge in [0.2, 0.25) is 5.91 Å². The lowest BCUT2D eigenvalue weighted by molar-refractivity contribution is -0.123. The number of anilines is 1. The van der Waals surface area contributed by atoms with Gasteiger partial charge in [0.1, 0.15) is 6.04 Å². The standard InChI is InChI=1S/C31H38IN3O2/c1-30(2,3)23-14-17-25(31(4,5)6)26(19-23)34-29(37)35-27(18-21-12-15-24(32)16-13-21)28(36)33-20-22-10-8-7-9-11-22/h7-17,19,27H,18,20H2,1-6H3,(H,33,36)(H2,34,35,37)/t27-/m1/s1. The molecule has 0 spiro atoms. The van der Waals surface area contributed by atoms with Crippen LogP contribution in [0.15, 0.2) is 72.8 Å². The summed E-state index contributed by atoms with van der Waals surface area (Å²) in [6, 6.07) is 22.9. The number of carbonyl (C=O) groups excluding carboxylic acids is 2. The second-order valence-electron chi connectivity index (χ2n) is 11.4. The fourth-order valence-electron chi connectivity index (χ4n) is 4.06. The highest BCUT2D eigenvalue weighted by Crippen LogP contribution is 2.33. The van der Waals surface area contributed by atoms with Gasteiger partial charge in [-0.1, -0.05) is 96.1 Å². The first kappa shape index (κ1) is 28.7. The Morgan fingerprint density at radius 2 is 1.46 bits per heavy atom. The normalized spacial score (nSPS) is 12.5. The molecule has 6 heteroatoms. The molecule has 0 aliphatic carbocycles. The zero-order valence-electron chi connectivity index (χ0n) is 22.6. The van der Waals surface area contributed by atoms with Crippen LogP contribution in [0, 0.1) is 3.57 Å². The average Bonchev–Trinajstić information content (AvgIpc) is 2.83. The summed E-state index contributed by atoms with van der Waals surface area (Å²) < 4.78 is 1.12. The first-order valence-electron chi connectivity index (χ1n) is 12.6. The van der Waals surface area contributed by atoms with Crippen molar-refractivity contribution in [1.29, 1.82) is 0 Å². The number of carbonyl (C=O) groups is 2. The Morgan fingerprint density at radius 1 is 0.811 bits per heavy atom. The van der Waals surface area contributed by atoms with Crippen LogP contribution in [0.1, 0.15) is 63.8 Å². The highest BCUT2D eigenvalue weighted by molar-refractivity contribution is 14.1. The number of benzene rings is 3. The molecule has 0 saturated heterocycles. The van der Waals surface area contributed by atoms with E-state index >= 15 is 0 Å². The second-order valence-corrected chi connectivity index (χ2v) is 12.7. The molecule has 3 N–H and O–H groups in total. The molecular weight excluding hydrogens is 573 g/mol. The number of hydrogen-bond acceptors (Lipinski definition) is 2. The molecule has 0 aliphatic heterocycles. The van der Waals surface area contributed by atoms with Gasteiger partial charge in [0, 0.05) is 22.2 Å². The summed E-state index contributed by atoms with van der Waals surface area (Å²) >= 11 is 2.25. The van der Waals surface area contributed by atoms with Crippen LogP contribution in [-0.4, -0.2) is 18.0 Å². The molecule has 0 heterocycles. The second kappa shape index (κ2) is 12.1. The van der Waals surface area contributed by atoms with Gasteiger partial charge in [0.05, 0.1) is 0 Å². The van der Waals surface area contributed by atoms with Crippen LogP contribution < -0.4 is 16.0 Å². The maximum Gasteiger partial charge on any atom is 0.319 e. The molecule has 3 rings (SSSR count). The smallest absolute Gasteiger partial charge is 0.319 e. The lowest BCUT2D eigenvalue weighted by Crippen LogP contribution is -2.49. The molecule has 0 aliphatic rings. The zero-order valence-corrected chi connectivity index (χ0v) is 24.8.